The summed E-state index contributed by atoms with van der Waals surface area (Å²) in [6.45, 7) is 3.67. The van der Waals surface area contributed by atoms with Gasteiger partial charge in [0.1, 0.15) is 11.3 Å². The van der Waals surface area contributed by atoms with E-state index in [9.17, 15) is 14.7 Å². The van der Waals surface area contributed by atoms with Gasteiger partial charge in [-0.25, -0.2) is 4.98 Å². The largest absolute Gasteiger partial charge is 0.505 e. The Morgan fingerprint density at radius 3 is 2.51 bits per heavy atom. The SMILES string of the molecule is Cc1cccn2c(C)c(/C(O)=C3\C(=O)C(=O)N(c4nnc(SCc5ccc(Cl)cc5Cl)s4)C3c3ccc(Cl)c(Cl)c3)nc12. The highest BCUT2D eigenvalue weighted by molar-refractivity contribution is 8.00. The summed E-state index contributed by atoms with van der Waals surface area (Å²) >= 11 is 27.4. The highest BCUT2D eigenvalue weighted by Crippen LogP contribution is 2.45. The number of carbonyl (C=O) groups excluding carboxylic acids is 2. The number of hydrogen-bond acceptors (Lipinski definition) is 8. The third-order valence-corrected chi connectivity index (χ3v) is 10.4. The van der Waals surface area contributed by atoms with Crippen LogP contribution in [0.1, 0.15) is 34.1 Å². The van der Waals surface area contributed by atoms with Gasteiger partial charge < -0.3 is 9.51 Å². The third kappa shape index (κ3) is 5.41. The van der Waals surface area contributed by atoms with E-state index in [0.29, 0.717) is 42.1 Å². The molecule has 0 radical (unpaired) electrons. The minimum atomic E-state index is -1.07. The van der Waals surface area contributed by atoms with E-state index in [1.165, 1.54) is 16.7 Å². The number of aliphatic hydroxyl groups excluding tert-OH is 1. The summed E-state index contributed by atoms with van der Waals surface area (Å²) in [4.78, 5) is 33.1. The predicted octanol–water partition coefficient (Wildman–Crippen LogP) is 8.33. The number of imidazole rings is 1. The van der Waals surface area contributed by atoms with Gasteiger partial charge in [0.15, 0.2) is 10.1 Å². The number of halogens is 4. The van der Waals surface area contributed by atoms with Crippen LogP contribution < -0.4 is 4.90 Å². The summed E-state index contributed by atoms with van der Waals surface area (Å²) in [7, 11) is 0. The van der Waals surface area contributed by atoms with Crippen molar-refractivity contribution in [2.45, 2.75) is 30.0 Å². The molecular weight excluding hydrogens is 672 g/mol. The van der Waals surface area contributed by atoms with Crippen LogP contribution in [0.3, 0.4) is 0 Å². The fraction of sp³-hybridized carbons (Fsp3) is 0.138. The molecule has 8 nitrogen and oxygen atoms in total. The van der Waals surface area contributed by atoms with Crippen LogP contribution in [0.25, 0.3) is 11.4 Å². The molecule has 1 N–H and O–H groups in total. The predicted molar refractivity (Wildman–Crippen MR) is 172 cm³/mol. The monoisotopic (exact) mass is 689 g/mol. The Kier molecular flexibility index (Phi) is 8.18. The maximum Gasteiger partial charge on any atom is 0.301 e. The van der Waals surface area contributed by atoms with Crippen LogP contribution in [0.4, 0.5) is 5.13 Å². The summed E-state index contributed by atoms with van der Waals surface area (Å²) in [5, 5.41) is 21.9. The molecule has 2 aromatic carbocycles. The van der Waals surface area contributed by atoms with Gasteiger partial charge in [-0.3, -0.25) is 14.5 Å². The van der Waals surface area contributed by atoms with Gasteiger partial charge in [-0.15, -0.1) is 10.2 Å². The number of pyridine rings is 1. The number of anilines is 1. The summed E-state index contributed by atoms with van der Waals surface area (Å²) in [5.74, 6) is -1.69. The lowest BCUT2D eigenvalue weighted by Gasteiger charge is -2.22. The molecule has 0 aliphatic carbocycles. The van der Waals surface area contributed by atoms with Gasteiger partial charge in [0.05, 0.1) is 27.4 Å². The van der Waals surface area contributed by atoms with E-state index in [-0.39, 0.29) is 21.4 Å². The van der Waals surface area contributed by atoms with Crippen LogP contribution >= 0.6 is 69.5 Å². The zero-order chi connectivity index (χ0) is 30.6. The van der Waals surface area contributed by atoms with Crippen LogP contribution in [0.2, 0.25) is 20.1 Å². The molecule has 0 saturated carbocycles. The minimum absolute atomic E-state index is 0.148. The van der Waals surface area contributed by atoms with Crippen molar-refractivity contribution in [3.05, 3.63) is 108 Å². The standard InChI is InChI=1S/C29H19Cl4N5O3S2/c1-13-4-3-9-37-14(2)22(34-26(13)37)24(39)21-23(15-6-8-18(31)20(33)10-15)38(27(41)25(21)40)28-35-36-29(43-28)42-12-16-5-7-17(30)11-19(16)32/h3-11,23,39H,12H2,1-2H3/b24-21+. The number of aromatic nitrogens is 4. The van der Waals surface area contributed by atoms with Crippen molar-refractivity contribution >= 4 is 97.7 Å². The summed E-state index contributed by atoms with van der Waals surface area (Å²) in [6, 6.07) is 12.7. The molecule has 5 aromatic rings. The molecule has 0 spiro atoms. The first-order valence-electron chi connectivity index (χ1n) is 12.7. The molecule has 6 rings (SSSR count). The number of thioether (sulfide) groups is 1. The van der Waals surface area contributed by atoms with Gasteiger partial charge in [0.25, 0.3) is 5.78 Å². The van der Waals surface area contributed by atoms with Crippen molar-refractivity contribution in [3.63, 3.8) is 0 Å². The van der Waals surface area contributed by atoms with E-state index >= 15 is 0 Å². The average molecular weight is 691 g/mol. The van der Waals surface area contributed by atoms with E-state index in [4.69, 9.17) is 46.4 Å². The minimum Gasteiger partial charge on any atom is -0.505 e. The number of carbonyl (C=O) groups is 2. The molecule has 1 fully saturated rings. The van der Waals surface area contributed by atoms with Crippen molar-refractivity contribution in [3.8, 4) is 0 Å². The molecule has 218 valence electrons. The molecule has 43 heavy (non-hydrogen) atoms. The first-order valence-corrected chi connectivity index (χ1v) is 16.0. The second-order valence-electron chi connectivity index (χ2n) is 9.65. The molecule has 1 unspecified atom stereocenters. The number of aliphatic hydroxyl groups is 1. The van der Waals surface area contributed by atoms with E-state index in [1.54, 1.807) is 37.3 Å². The lowest BCUT2D eigenvalue weighted by atomic mass is 9.96. The van der Waals surface area contributed by atoms with Gasteiger partial charge in [-0.05, 0) is 60.9 Å². The Bertz CT molecular complexity index is 1990. The smallest absolute Gasteiger partial charge is 0.301 e. The number of amides is 1. The lowest BCUT2D eigenvalue weighted by Crippen LogP contribution is -2.29. The quantitative estimate of drug-likeness (QED) is 0.0629. The molecule has 14 heteroatoms. The summed E-state index contributed by atoms with van der Waals surface area (Å²) in [6.07, 6.45) is 1.81. The van der Waals surface area contributed by atoms with Gasteiger partial charge >= 0.3 is 5.91 Å². The van der Waals surface area contributed by atoms with E-state index in [1.807, 2.05) is 35.7 Å². The molecule has 1 aliphatic heterocycles. The number of aryl methyl sites for hydroxylation is 2. The molecule has 4 heterocycles. The molecule has 1 amide bonds. The van der Waals surface area contributed by atoms with Crippen molar-refractivity contribution in [2.75, 3.05) is 4.90 Å². The van der Waals surface area contributed by atoms with Crippen LogP contribution in [-0.4, -0.2) is 36.4 Å². The first-order chi connectivity index (χ1) is 20.5. The van der Waals surface area contributed by atoms with Gasteiger partial charge in [-0.1, -0.05) is 87.7 Å². The topological polar surface area (TPSA) is 101 Å². The fourth-order valence-electron chi connectivity index (χ4n) is 4.84. The highest BCUT2D eigenvalue weighted by Gasteiger charge is 2.49. The van der Waals surface area contributed by atoms with Gasteiger partial charge in [-0.2, -0.15) is 0 Å². The van der Waals surface area contributed by atoms with Crippen molar-refractivity contribution < 1.29 is 14.7 Å². The second-order valence-corrected chi connectivity index (χ2v) is 13.5. The fourth-order valence-corrected chi connectivity index (χ4v) is 7.57. The Balaban J connectivity index is 1.44. The normalized spacial score (nSPS) is 16.5. The molecular formula is C29H19Cl4N5O3S2. The Hall–Kier alpha value is -3.12. The Morgan fingerprint density at radius 2 is 1.79 bits per heavy atom. The lowest BCUT2D eigenvalue weighted by molar-refractivity contribution is -0.132. The Labute approximate surface area is 273 Å². The van der Waals surface area contributed by atoms with Crippen molar-refractivity contribution in [1.29, 1.82) is 0 Å². The van der Waals surface area contributed by atoms with Crippen LogP contribution in [0.5, 0.6) is 0 Å². The van der Waals surface area contributed by atoms with Crippen molar-refractivity contribution in [1.82, 2.24) is 19.6 Å². The van der Waals surface area contributed by atoms with Gasteiger partial charge in [0.2, 0.25) is 5.13 Å². The number of hydrogen-bond donors (Lipinski definition) is 1. The first kappa shape index (κ1) is 29.9. The maximum atomic E-state index is 13.6. The van der Waals surface area contributed by atoms with E-state index < -0.39 is 23.5 Å². The summed E-state index contributed by atoms with van der Waals surface area (Å²) < 4.78 is 2.36. The third-order valence-electron chi connectivity index (χ3n) is 6.98. The van der Waals surface area contributed by atoms with Crippen LogP contribution in [-0.2, 0) is 15.3 Å². The van der Waals surface area contributed by atoms with E-state index in [0.717, 1.165) is 22.5 Å². The number of Topliss-reactive ketones (excluding diaryl/α,β-unsaturated/α-hetero) is 1. The number of nitrogens with zero attached hydrogens (tertiary/aromatic N) is 5. The summed E-state index contributed by atoms with van der Waals surface area (Å²) in [5.41, 5.74) is 3.44. The molecule has 3 aromatic heterocycles. The van der Waals surface area contributed by atoms with Crippen LogP contribution in [0, 0.1) is 13.8 Å². The second kappa shape index (κ2) is 11.8. The molecule has 1 aliphatic rings. The zero-order valence-electron chi connectivity index (χ0n) is 22.3. The van der Waals surface area contributed by atoms with Crippen molar-refractivity contribution in [2.24, 2.45) is 0 Å². The number of ketones is 1. The van der Waals surface area contributed by atoms with Gasteiger partial charge in [0, 0.05) is 22.0 Å². The zero-order valence-corrected chi connectivity index (χ0v) is 27.0. The highest BCUT2D eigenvalue weighted by atomic mass is 35.5. The average Bonchev–Trinajstić information content (AvgIpc) is 3.65. The Morgan fingerprint density at radius 1 is 1.00 bits per heavy atom. The van der Waals surface area contributed by atoms with Crippen LogP contribution in [0.15, 0.2) is 64.6 Å². The number of fused-ring (bicyclic) bond motifs is 1. The molecule has 1 saturated heterocycles. The molecule has 1 atom stereocenters. The maximum absolute atomic E-state index is 13.6. The number of benzene rings is 2. The van der Waals surface area contributed by atoms with E-state index in [2.05, 4.69) is 15.2 Å². The number of rotatable bonds is 6. The molecule has 0 bridgehead atoms.